The third kappa shape index (κ3) is 3.54. The minimum atomic E-state index is -1.08. The molecular formula is C24H25BrNO4-. The largest absolute Gasteiger partial charge is 0.549 e. The zero-order valence-electron chi connectivity index (χ0n) is 17.0. The molecule has 1 atom stereocenters. The maximum Gasteiger partial charge on any atom is 0.161 e. The van der Waals surface area contributed by atoms with Crippen LogP contribution in [0.3, 0.4) is 0 Å². The van der Waals surface area contributed by atoms with Gasteiger partial charge in [0.2, 0.25) is 0 Å². The average Bonchev–Trinajstić information content (AvgIpc) is 3.21. The molecule has 2 fully saturated rings. The fourth-order valence-corrected chi connectivity index (χ4v) is 5.71. The van der Waals surface area contributed by atoms with Crippen LogP contribution in [0.2, 0.25) is 0 Å². The normalized spacial score (nSPS) is 30.8. The van der Waals surface area contributed by atoms with E-state index in [-0.39, 0.29) is 12.0 Å². The summed E-state index contributed by atoms with van der Waals surface area (Å²) in [4.78, 5) is 12.1. The Labute approximate surface area is 185 Å². The molecule has 0 saturated heterocycles. The molecule has 6 heteroatoms. The molecule has 0 heterocycles. The molecule has 1 aromatic rings. The van der Waals surface area contributed by atoms with Gasteiger partial charge in [-0.1, -0.05) is 40.2 Å². The van der Waals surface area contributed by atoms with Crippen molar-refractivity contribution in [3.05, 3.63) is 46.5 Å². The number of halogens is 1. The van der Waals surface area contributed by atoms with Crippen LogP contribution in [0.5, 0.6) is 11.5 Å². The van der Waals surface area contributed by atoms with Crippen LogP contribution in [0.25, 0.3) is 0 Å². The van der Waals surface area contributed by atoms with Crippen LogP contribution in [-0.4, -0.2) is 19.2 Å². The van der Waals surface area contributed by atoms with Crippen LogP contribution in [0.15, 0.2) is 40.9 Å². The Morgan fingerprint density at radius 2 is 2.00 bits per heavy atom. The highest BCUT2D eigenvalue weighted by Crippen LogP contribution is 2.58. The van der Waals surface area contributed by atoms with Gasteiger partial charge in [-0.05, 0) is 73.0 Å². The van der Waals surface area contributed by atoms with Crippen molar-refractivity contribution in [2.75, 3.05) is 7.11 Å². The first-order valence-electron chi connectivity index (χ1n) is 10.4. The summed E-state index contributed by atoms with van der Waals surface area (Å²) in [6.45, 7) is 0. The summed E-state index contributed by atoms with van der Waals surface area (Å²) in [5, 5.41) is 22.2. The Bertz CT molecular complexity index is 935. The van der Waals surface area contributed by atoms with E-state index >= 15 is 0 Å². The van der Waals surface area contributed by atoms with Crippen LogP contribution < -0.4 is 14.6 Å². The van der Waals surface area contributed by atoms with Gasteiger partial charge in [0.15, 0.2) is 11.5 Å². The van der Waals surface area contributed by atoms with Gasteiger partial charge in [0, 0.05) is 5.41 Å². The minimum absolute atomic E-state index is 0.166. The lowest BCUT2D eigenvalue weighted by atomic mass is 9.50. The van der Waals surface area contributed by atoms with Crippen LogP contribution in [0.1, 0.15) is 50.5 Å². The molecule has 158 valence electrons. The molecule has 5 nitrogen and oxygen atoms in total. The quantitative estimate of drug-likeness (QED) is 0.622. The lowest BCUT2D eigenvalue weighted by Gasteiger charge is -2.53. The average molecular weight is 471 g/mol. The van der Waals surface area contributed by atoms with E-state index in [0.29, 0.717) is 30.8 Å². The first-order valence-corrected chi connectivity index (χ1v) is 11.2. The Hall–Kier alpha value is -2.26. The van der Waals surface area contributed by atoms with E-state index < -0.39 is 16.8 Å². The number of carboxylic acid groups (broad SMARTS) is 1. The summed E-state index contributed by atoms with van der Waals surface area (Å²) < 4.78 is 12.5. The summed E-state index contributed by atoms with van der Waals surface area (Å²) in [6, 6.07) is 8.13. The third-order valence-corrected chi connectivity index (χ3v) is 7.50. The first-order chi connectivity index (χ1) is 14.4. The van der Waals surface area contributed by atoms with Gasteiger partial charge in [0.1, 0.15) is 0 Å². The number of aliphatic carboxylic acids is 1. The first kappa shape index (κ1) is 21.0. The van der Waals surface area contributed by atoms with Crippen LogP contribution in [0, 0.1) is 22.7 Å². The Balaban J connectivity index is 1.59. The number of carbonyl (C=O) groups is 1. The number of allylic oxidation sites excluding steroid dienone is 3. The molecule has 0 radical (unpaired) electrons. The maximum atomic E-state index is 12.1. The fraction of sp³-hybridized carbons (Fsp3) is 0.500. The van der Waals surface area contributed by atoms with Gasteiger partial charge >= 0.3 is 0 Å². The highest BCUT2D eigenvalue weighted by Gasteiger charge is 2.55. The molecule has 1 aromatic carbocycles. The van der Waals surface area contributed by atoms with Gasteiger partial charge in [-0.3, -0.25) is 0 Å². The number of hydrogen-bond donors (Lipinski definition) is 0. The Morgan fingerprint density at radius 3 is 2.60 bits per heavy atom. The number of methoxy groups -OCH3 is 1. The second kappa shape index (κ2) is 8.11. The van der Waals surface area contributed by atoms with Crippen molar-refractivity contribution in [1.82, 2.24) is 0 Å². The lowest BCUT2D eigenvalue weighted by Crippen LogP contribution is -2.55. The van der Waals surface area contributed by atoms with E-state index in [4.69, 9.17) is 9.47 Å². The highest BCUT2D eigenvalue weighted by atomic mass is 79.9. The van der Waals surface area contributed by atoms with Gasteiger partial charge in [-0.25, -0.2) is 0 Å². The molecule has 0 amide bonds. The van der Waals surface area contributed by atoms with Crippen molar-refractivity contribution < 1.29 is 19.4 Å². The topological polar surface area (TPSA) is 82.4 Å². The van der Waals surface area contributed by atoms with Gasteiger partial charge in [-0.2, -0.15) is 5.26 Å². The monoisotopic (exact) mass is 470 g/mol. The predicted octanol–water partition coefficient (Wildman–Crippen LogP) is 4.16. The zero-order valence-corrected chi connectivity index (χ0v) is 18.6. The van der Waals surface area contributed by atoms with Crippen molar-refractivity contribution in [3.63, 3.8) is 0 Å². The van der Waals surface area contributed by atoms with Gasteiger partial charge in [0.25, 0.3) is 0 Å². The van der Waals surface area contributed by atoms with E-state index in [0.717, 1.165) is 22.9 Å². The SMILES string of the molecule is COc1ccc(C2(C#N)CC(C3(C(=O)[O-])C=CC=C(Br)C3)C2)cc1OC1CCCC1. The fourth-order valence-electron chi connectivity index (χ4n) is 5.10. The van der Waals surface area contributed by atoms with Crippen molar-refractivity contribution >= 4 is 21.9 Å². The smallest absolute Gasteiger partial charge is 0.161 e. The molecule has 0 N–H and O–H groups in total. The minimum Gasteiger partial charge on any atom is -0.549 e. The molecule has 30 heavy (non-hydrogen) atoms. The maximum absolute atomic E-state index is 12.1. The molecule has 2 saturated carbocycles. The standard InChI is InChI=1S/C24H26BrNO4/c1-29-20-9-8-16(11-21(20)30-19-6-2-3-7-19)23(15-26)12-17(13-23)24(22(27)28)10-4-5-18(25)14-24/h4-5,8-11,17,19H,2-3,6-7,12-14H2,1H3,(H,27,28)/p-1. The number of benzene rings is 1. The number of carboxylic acids is 1. The second-order valence-electron chi connectivity index (χ2n) is 8.67. The van der Waals surface area contributed by atoms with Crippen molar-refractivity contribution in [1.29, 1.82) is 5.26 Å². The van der Waals surface area contributed by atoms with E-state index in [1.54, 1.807) is 19.3 Å². The number of nitriles is 1. The Morgan fingerprint density at radius 1 is 1.27 bits per heavy atom. The van der Waals surface area contributed by atoms with Crippen LogP contribution in [0.4, 0.5) is 0 Å². The number of hydrogen-bond acceptors (Lipinski definition) is 5. The van der Waals surface area contributed by atoms with Crippen LogP contribution in [-0.2, 0) is 10.2 Å². The molecule has 4 rings (SSSR count). The number of nitrogens with zero attached hydrogens (tertiary/aromatic N) is 1. The summed E-state index contributed by atoms with van der Waals surface area (Å²) in [6.07, 6.45) is 11.2. The molecule has 1 unspecified atom stereocenters. The number of rotatable bonds is 6. The van der Waals surface area contributed by atoms with E-state index in [1.807, 2.05) is 24.3 Å². The highest BCUT2D eigenvalue weighted by molar-refractivity contribution is 9.11. The predicted molar refractivity (Wildman–Crippen MR) is 114 cm³/mol. The summed E-state index contributed by atoms with van der Waals surface area (Å²) >= 11 is 3.43. The lowest BCUT2D eigenvalue weighted by molar-refractivity contribution is -0.320. The molecule has 3 aliphatic rings. The molecule has 0 aromatic heterocycles. The molecule has 0 bridgehead atoms. The van der Waals surface area contributed by atoms with Gasteiger partial charge < -0.3 is 19.4 Å². The third-order valence-electron chi connectivity index (χ3n) is 6.96. The second-order valence-corrected chi connectivity index (χ2v) is 9.68. The number of ether oxygens (including phenoxy) is 2. The summed E-state index contributed by atoms with van der Waals surface area (Å²) in [5.41, 5.74) is -0.948. The molecule has 0 aliphatic heterocycles. The van der Waals surface area contributed by atoms with Gasteiger partial charge in [-0.15, -0.1) is 0 Å². The van der Waals surface area contributed by atoms with Crippen molar-refractivity contribution in [3.8, 4) is 17.6 Å². The molecule has 3 aliphatic carbocycles. The van der Waals surface area contributed by atoms with Gasteiger partial charge in [0.05, 0.1) is 30.7 Å². The zero-order chi connectivity index (χ0) is 21.4. The van der Waals surface area contributed by atoms with E-state index in [2.05, 4.69) is 22.0 Å². The summed E-state index contributed by atoms with van der Waals surface area (Å²) in [7, 11) is 1.61. The Kier molecular flexibility index (Phi) is 5.67. The van der Waals surface area contributed by atoms with Crippen LogP contribution >= 0.6 is 15.9 Å². The molecule has 0 spiro atoms. The van der Waals surface area contributed by atoms with E-state index in [1.165, 1.54) is 12.8 Å². The molecular weight excluding hydrogens is 446 g/mol. The van der Waals surface area contributed by atoms with Crippen molar-refractivity contribution in [2.24, 2.45) is 11.3 Å². The summed E-state index contributed by atoms with van der Waals surface area (Å²) in [5.74, 6) is 0.0733. The number of carbonyl (C=O) groups excluding carboxylic acids is 1. The van der Waals surface area contributed by atoms with Crippen molar-refractivity contribution in [2.45, 2.75) is 56.5 Å². The van der Waals surface area contributed by atoms with E-state index in [9.17, 15) is 15.2 Å².